The summed E-state index contributed by atoms with van der Waals surface area (Å²) in [6.45, 7) is 0.372. The van der Waals surface area contributed by atoms with Crippen LogP contribution in [0.15, 0.2) is 75.0 Å². The number of anilines is 1. The number of aromatic amines is 1. The Morgan fingerprint density at radius 1 is 1.00 bits per heavy atom. The molecule has 0 radical (unpaired) electrons. The van der Waals surface area contributed by atoms with Crippen LogP contribution >= 0.6 is 0 Å². The molecule has 0 fully saturated rings. The lowest BCUT2D eigenvalue weighted by Gasteiger charge is -2.19. The number of fused-ring (bicyclic) bond motifs is 2. The molecular formula is C20H15N3O4S. The summed E-state index contributed by atoms with van der Waals surface area (Å²) in [6.07, 6.45) is 4.10. The molecule has 8 heteroatoms. The fourth-order valence-electron chi connectivity index (χ4n) is 3.56. The molecule has 0 aliphatic carbocycles. The van der Waals surface area contributed by atoms with E-state index >= 15 is 0 Å². The first-order valence-electron chi connectivity index (χ1n) is 8.71. The summed E-state index contributed by atoms with van der Waals surface area (Å²) >= 11 is 0. The van der Waals surface area contributed by atoms with Gasteiger partial charge in [0.1, 0.15) is 0 Å². The fourth-order valence-corrected chi connectivity index (χ4v) is 5.09. The van der Waals surface area contributed by atoms with Crippen LogP contribution in [0.25, 0.3) is 22.2 Å². The van der Waals surface area contributed by atoms with E-state index in [1.165, 1.54) is 22.5 Å². The highest BCUT2D eigenvalue weighted by molar-refractivity contribution is 7.92. The maximum atomic E-state index is 13.2. The van der Waals surface area contributed by atoms with E-state index in [1.54, 1.807) is 12.4 Å². The number of nitrogens with zero attached hydrogens (tertiary/aromatic N) is 2. The van der Waals surface area contributed by atoms with Crippen LogP contribution in [0.1, 0.15) is 5.56 Å². The van der Waals surface area contributed by atoms with Crippen LogP contribution in [0.2, 0.25) is 0 Å². The molecule has 7 nitrogen and oxygen atoms in total. The maximum Gasteiger partial charge on any atom is 0.417 e. The number of oxazole rings is 1. The van der Waals surface area contributed by atoms with Crippen molar-refractivity contribution in [3.63, 3.8) is 0 Å². The van der Waals surface area contributed by atoms with Crippen molar-refractivity contribution < 1.29 is 12.8 Å². The van der Waals surface area contributed by atoms with Crippen molar-refractivity contribution in [3.8, 4) is 11.1 Å². The molecule has 1 aliphatic rings. The minimum absolute atomic E-state index is 0.114. The second kappa shape index (κ2) is 6.07. The Hall–Kier alpha value is -3.39. The van der Waals surface area contributed by atoms with Gasteiger partial charge >= 0.3 is 5.76 Å². The van der Waals surface area contributed by atoms with E-state index in [4.69, 9.17) is 4.42 Å². The van der Waals surface area contributed by atoms with E-state index in [-0.39, 0.29) is 4.90 Å². The van der Waals surface area contributed by atoms with Crippen LogP contribution in [0.3, 0.4) is 0 Å². The van der Waals surface area contributed by atoms with E-state index in [0.717, 1.165) is 16.7 Å². The second-order valence-electron chi connectivity index (χ2n) is 6.58. The van der Waals surface area contributed by atoms with Crippen molar-refractivity contribution in [1.82, 2.24) is 9.97 Å². The number of benzene rings is 2. The normalized spacial score (nSPS) is 13.8. The average Bonchev–Trinajstić information content (AvgIpc) is 3.30. The zero-order valence-electron chi connectivity index (χ0n) is 14.6. The van der Waals surface area contributed by atoms with Crippen molar-refractivity contribution >= 4 is 26.8 Å². The zero-order valence-corrected chi connectivity index (χ0v) is 15.4. The third-order valence-corrected chi connectivity index (χ3v) is 6.73. The van der Waals surface area contributed by atoms with Gasteiger partial charge in [0.15, 0.2) is 5.58 Å². The first-order valence-corrected chi connectivity index (χ1v) is 10.2. The predicted molar refractivity (Wildman–Crippen MR) is 105 cm³/mol. The van der Waals surface area contributed by atoms with Crippen LogP contribution in [0, 0.1) is 0 Å². The van der Waals surface area contributed by atoms with Crippen LogP contribution in [-0.2, 0) is 16.4 Å². The Bertz CT molecular complexity index is 1360. The summed E-state index contributed by atoms with van der Waals surface area (Å²) in [5.74, 6) is -0.611. The van der Waals surface area contributed by atoms with Gasteiger partial charge in [0.2, 0.25) is 0 Å². The molecule has 0 saturated heterocycles. The van der Waals surface area contributed by atoms with Crippen molar-refractivity contribution in [2.45, 2.75) is 11.3 Å². The molecule has 140 valence electrons. The van der Waals surface area contributed by atoms with Gasteiger partial charge in [-0.25, -0.2) is 13.2 Å². The van der Waals surface area contributed by atoms with Gasteiger partial charge in [-0.3, -0.25) is 14.3 Å². The molecule has 1 aliphatic heterocycles. The van der Waals surface area contributed by atoms with E-state index in [2.05, 4.69) is 9.97 Å². The number of aromatic nitrogens is 2. The first-order chi connectivity index (χ1) is 13.5. The lowest BCUT2D eigenvalue weighted by molar-refractivity contribution is 0.555. The SMILES string of the molecule is O=c1[nH]c2cc(S(=O)(=O)N3CCc4cc(-c5ccncc5)ccc43)ccc2o1. The number of pyridine rings is 1. The number of nitrogens with one attached hydrogen (secondary N) is 1. The topological polar surface area (TPSA) is 96.3 Å². The van der Waals surface area contributed by atoms with Crippen molar-refractivity contribution in [2.75, 3.05) is 10.8 Å². The molecule has 0 amide bonds. The molecule has 1 N–H and O–H groups in total. The van der Waals surface area contributed by atoms with Gasteiger partial charge in [-0.15, -0.1) is 0 Å². The van der Waals surface area contributed by atoms with Gasteiger partial charge in [-0.05, 0) is 65.6 Å². The summed E-state index contributed by atoms with van der Waals surface area (Å²) in [7, 11) is -3.75. The lowest BCUT2D eigenvalue weighted by atomic mass is 10.0. The third-order valence-electron chi connectivity index (χ3n) is 4.92. The monoisotopic (exact) mass is 393 g/mol. The summed E-state index contributed by atoms with van der Waals surface area (Å²) < 4.78 is 32.8. The third kappa shape index (κ3) is 2.61. The molecular weight excluding hydrogens is 378 g/mol. The molecule has 4 aromatic rings. The largest absolute Gasteiger partial charge is 0.417 e. The molecule has 28 heavy (non-hydrogen) atoms. The Morgan fingerprint density at radius 2 is 1.82 bits per heavy atom. The van der Waals surface area contributed by atoms with E-state index in [0.29, 0.717) is 29.8 Å². The molecule has 2 aromatic carbocycles. The first kappa shape index (κ1) is 16.8. The quantitative estimate of drug-likeness (QED) is 0.577. The smallest absolute Gasteiger partial charge is 0.408 e. The highest BCUT2D eigenvalue weighted by Crippen LogP contribution is 2.36. The highest BCUT2D eigenvalue weighted by Gasteiger charge is 2.31. The second-order valence-corrected chi connectivity index (χ2v) is 8.44. The molecule has 0 unspecified atom stereocenters. The van der Waals surface area contributed by atoms with Crippen molar-refractivity contribution in [1.29, 1.82) is 0 Å². The molecule has 5 rings (SSSR count). The predicted octanol–water partition coefficient (Wildman–Crippen LogP) is 2.93. The van der Waals surface area contributed by atoms with Crippen LogP contribution in [0.4, 0.5) is 5.69 Å². The van der Waals surface area contributed by atoms with Gasteiger partial charge in [-0.1, -0.05) is 6.07 Å². The van der Waals surface area contributed by atoms with Crippen LogP contribution in [-0.4, -0.2) is 24.9 Å². The zero-order chi connectivity index (χ0) is 19.3. The summed E-state index contributed by atoms with van der Waals surface area (Å²) in [4.78, 5) is 18.0. The molecule has 3 heterocycles. The number of hydrogen-bond acceptors (Lipinski definition) is 5. The Labute approximate surface area is 160 Å². The molecule has 2 aromatic heterocycles. The van der Waals surface area contributed by atoms with Crippen LogP contribution < -0.4 is 10.1 Å². The summed E-state index contributed by atoms with van der Waals surface area (Å²) in [6, 6.07) is 14.0. The number of H-pyrrole nitrogens is 1. The van der Waals surface area contributed by atoms with Gasteiger partial charge < -0.3 is 4.42 Å². The Balaban J connectivity index is 1.55. The Kier molecular flexibility index (Phi) is 3.63. The molecule has 0 atom stereocenters. The van der Waals surface area contributed by atoms with Crippen LogP contribution in [0.5, 0.6) is 0 Å². The minimum Gasteiger partial charge on any atom is -0.408 e. The average molecular weight is 393 g/mol. The lowest BCUT2D eigenvalue weighted by Crippen LogP contribution is -2.29. The van der Waals surface area contributed by atoms with Gasteiger partial charge in [-0.2, -0.15) is 0 Å². The fraction of sp³-hybridized carbons (Fsp3) is 0.100. The molecule has 0 saturated carbocycles. The van der Waals surface area contributed by atoms with Gasteiger partial charge in [0.05, 0.1) is 16.1 Å². The number of sulfonamides is 1. The molecule has 0 bridgehead atoms. The van der Waals surface area contributed by atoms with E-state index < -0.39 is 15.8 Å². The Morgan fingerprint density at radius 3 is 2.64 bits per heavy atom. The van der Waals surface area contributed by atoms with Gasteiger partial charge in [0, 0.05) is 18.9 Å². The summed E-state index contributed by atoms with van der Waals surface area (Å²) in [5, 5.41) is 0. The number of hydrogen-bond donors (Lipinski definition) is 1. The molecule has 0 spiro atoms. The maximum absolute atomic E-state index is 13.2. The van der Waals surface area contributed by atoms with Crippen molar-refractivity contribution in [2.24, 2.45) is 0 Å². The van der Waals surface area contributed by atoms with Gasteiger partial charge in [0.25, 0.3) is 10.0 Å². The van der Waals surface area contributed by atoms with E-state index in [1.807, 2.05) is 30.3 Å². The highest BCUT2D eigenvalue weighted by atomic mass is 32.2. The van der Waals surface area contributed by atoms with Crippen molar-refractivity contribution in [3.05, 3.63) is 77.0 Å². The van der Waals surface area contributed by atoms with E-state index in [9.17, 15) is 13.2 Å². The standard InChI is InChI=1S/C20H15N3O4S/c24-20-22-17-12-16(2-4-19(17)27-20)28(25,26)23-10-7-15-11-14(1-3-18(15)23)13-5-8-21-9-6-13/h1-6,8-9,11-12H,7,10H2,(H,22,24). The number of rotatable bonds is 3. The summed E-state index contributed by atoms with van der Waals surface area (Å²) in [5.41, 5.74) is 4.41. The minimum atomic E-state index is -3.75.